The van der Waals surface area contributed by atoms with Crippen molar-refractivity contribution in [2.75, 3.05) is 0 Å². The molecule has 0 spiro atoms. The molecule has 3 heteroatoms. The van der Waals surface area contributed by atoms with Crippen molar-refractivity contribution in [3.8, 4) is 0 Å². The largest absolute Gasteiger partial charge is 0.394 e. The molecule has 2 nitrogen and oxygen atoms in total. The van der Waals surface area contributed by atoms with Gasteiger partial charge in [-0.15, -0.1) is 0 Å². The molecule has 0 atom stereocenters. The molecule has 0 radical (unpaired) electrons. The molecule has 2 N–H and O–H groups in total. The van der Waals surface area contributed by atoms with Crippen molar-refractivity contribution < 1.29 is 31.3 Å². The van der Waals surface area contributed by atoms with Gasteiger partial charge in [-0.3, -0.25) is 0 Å². The summed E-state index contributed by atoms with van der Waals surface area (Å²) in [6.07, 6.45) is -0.333. The Balaban J connectivity index is -0.0000000720. The van der Waals surface area contributed by atoms with Crippen LogP contribution in [0, 0.1) is 0 Å². The van der Waals surface area contributed by atoms with Gasteiger partial charge < -0.3 is 10.2 Å². The average Bonchev–Trinajstić information content (AvgIpc) is 1.25. The van der Waals surface area contributed by atoms with Crippen molar-refractivity contribution in [2.24, 2.45) is 0 Å². The second-order valence-corrected chi connectivity index (χ2v) is 2.19. The molecule has 0 saturated heterocycles. The minimum atomic E-state index is -0.167. The molecule has 0 fully saturated rings. The van der Waals surface area contributed by atoms with E-state index >= 15 is 0 Å². The van der Waals surface area contributed by atoms with Crippen LogP contribution in [-0.2, 0) is 21.1 Å². The Labute approximate surface area is 71.5 Å². The van der Waals surface area contributed by atoms with Crippen LogP contribution in [-0.4, -0.2) is 22.4 Å². The fourth-order valence-electron chi connectivity index (χ4n) is 0. The van der Waals surface area contributed by atoms with Crippen LogP contribution in [0.2, 0.25) is 0 Å². The van der Waals surface area contributed by atoms with Gasteiger partial charge in [0.05, 0.1) is 0 Å². The van der Waals surface area contributed by atoms with Gasteiger partial charge in [-0.05, 0) is 27.7 Å². The topological polar surface area (TPSA) is 40.5 Å². The zero-order valence-electron chi connectivity index (χ0n) is 6.37. The average molecular weight is 315 g/mol. The van der Waals surface area contributed by atoms with Crippen LogP contribution in [0.3, 0.4) is 0 Å². The van der Waals surface area contributed by atoms with E-state index in [-0.39, 0.29) is 33.3 Å². The molecule has 0 saturated carbocycles. The van der Waals surface area contributed by atoms with Crippen LogP contribution in [0.4, 0.5) is 0 Å². The van der Waals surface area contributed by atoms with Gasteiger partial charge in [0.15, 0.2) is 0 Å². The Morgan fingerprint density at radius 3 is 0.778 bits per heavy atom. The van der Waals surface area contributed by atoms with Gasteiger partial charge in [-0.2, -0.15) is 0 Å². The third-order valence-corrected chi connectivity index (χ3v) is 0. The fourth-order valence-corrected chi connectivity index (χ4v) is 0. The van der Waals surface area contributed by atoms with Crippen LogP contribution in [0.5, 0.6) is 0 Å². The molecule has 0 aliphatic rings. The summed E-state index contributed by atoms with van der Waals surface area (Å²) in [5.41, 5.74) is 0. The number of rotatable bonds is 0. The molecule has 0 unspecified atom stereocenters. The first-order chi connectivity index (χ1) is 3.46. The van der Waals surface area contributed by atoms with E-state index in [4.69, 9.17) is 10.2 Å². The molecular weight excluding hydrogens is 299 g/mol. The third-order valence-electron chi connectivity index (χ3n) is 0. The SMILES string of the molecule is CC(C)O.CC(C)O.[Pt]. The summed E-state index contributed by atoms with van der Waals surface area (Å²) in [4.78, 5) is 0. The van der Waals surface area contributed by atoms with Crippen LogP contribution in [0.15, 0.2) is 0 Å². The van der Waals surface area contributed by atoms with Gasteiger partial charge in [0, 0.05) is 33.3 Å². The zero-order valence-corrected chi connectivity index (χ0v) is 8.64. The summed E-state index contributed by atoms with van der Waals surface area (Å²) in [5, 5.41) is 16.1. The van der Waals surface area contributed by atoms with Gasteiger partial charge in [-0.25, -0.2) is 0 Å². The molecule has 0 aromatic carbocycles. The first kappa shape index (κ1) is 16.3. The molecular formula is C6H16O2Pt. The molecule has 9 heavy (non-hydrogen) atoms. The number of aliphatic hydroxyl groups excluding tert-OH is 2. The molecule has 0 heterocycles. The Kier molecular flexibility index (Phi) is 20.7. The molecule has 0 aromatic heterocycles. The molecule has 0 aromatic rings. The summed E-state index contributed by atoms with van der Waals surface area (Å²) < 4.78 is 0. The van der Waals surface area contributed by atoms with E-state index in [1.165, 1.54) is 0 Å². The zero-order chi connectivity index (χ0) is 7.15. The molecule has 62 valence electrons. The van der Waals surface area contributed by atoms with Gasteiger partial charge in [0.1, 0.15) is 0 Å². The summed E-state index contributed by atoms with van der Waals surface area (Å²) in [6, 6.07) is 0. The summed E-state index contributed by atoms with van der Waals surface area (Å²) >= 11 is 0. The monoisotopic (exact) mass is 315 g/mol. The van der Waals surface area contributed by atoms with Crippen molar-refractivity contribution in [2.45, 2.75) is 39.9 Å². The number of hydrogen-bond donors (Lipinski definition) is 2. The maximum Gasteiger partial charge on any atom is 0.0483 e. The summed E-state index contributed by atoms with van der Waals surface area (Å²) in [6.45, 7) is 6.89. The predicted molar refractivity (Wildman–Crippen MR) is 34.7 cm³/mol. The first-order valence-electron chi connectivity index (χ1n) is 2.83. The maximum atomic E-state index is 8.06. The molecule has 0 rings (SSSR count). The molecule has 0 bridgehead atoms. The van der Waals surface area contributed by atoms with Gasteiger partial charge in [0.25, 0.3) is 0 Å². The molecule has 0 aliphatic heterocycles. The molecule has 0 aliphatic carbocycles. The van der Waals surface area contributed by atoms with E-state index in [2.05, 4.69) is 0 Å². The third kappa shape index (κ3) is 1020. The minimum Gasteiger partial charge on any atom is -0.394 e. The van der Waals surface area contributed by atoms with Gasteiger partial charge in [0.2, 0.25) is 0 Å². The Morgan fingerprint density at radius 1 is 0.778 bits per heavy atom. The fraction of sp³-hybridized carbons (Fsp3) is 1.00. The quantitative estimate of drug-likeness (QED) is 0.693. The second-order valence-electron chi connectivity index (χ2n) is 2.19. The second kappa shape index (κ2) is 11.4. The van der Waals surface area contributed by atoms with E-state index in [1.54, 1.807) is 27.7 Å². The Bertz CT molecular complexity index is 26.5. The van der Waals surface area contributed by atoms with Crippen molar-refractivity contribution in [1.29, 1.82) is 0 Å². The summed E-state index contributed by atoms with van der Waals surface area (Å²) in [7, 11) is 0. The van der Waals surface area contributed by atoms with E-state index in [9.17, 15) is 0 Å². The van der Waals surface area contributed by atoms with Crippen LogP contribution >= 0.6 is 0 Å². The minimum absolute atomic E-state index is 0. The van der Waals surface area contributed by atoms with Crippen molar-refractivity contribution in [3.05, 3.63) is 0 Å². The normalized spacial score (nSPS) is 8.00. The van der Waals surface area contributed by atoms with Crippen LogP contribution in [0.1, 0.15) is 27.7 Å². The smallest absolute Gasteiger partial charge is 0.0483 e. The van der Waals surface area contributed by atoms with Crippen molar-refractivity contribution >= 4 is 0 Å². The summed E-state index contributed by atoms with van der Waals surface area (Å²) in [5.74, 6) is 0. The van der Waals surface area contributed by atoms with Crippen LogP contribution < -0.4 is 0 Å². The standard InChI is InChI=1S/2C3H8O.Pt/c2*1-3(2)4;/h2*3-4H,1-2H3;. The Morgan fingerprint density at radius 2 is 0.778 bits per heavy atom. The molecule has 0 amide bonds. The van der Waals surface area contributed by atoms with Crippen LogP contribution in [0.25, 0.3) is 0 Å². The Hall–Kier alpha value is 0.608. The van der Waals surface area contributed by atoms with Gasteiger partial charge in [-0.1, -0.05) is 0 Å². The van der Waals surface area contributed by atoms with E-state index in [0.29, 0.717) is 0 Å². The van der Waals surface area contributed by atoms with Crippen molar-refractivity contribution in [1.82, 2.24) is 0 Å². The van der Waals surface area contributed by atoms with E-state index < -0.39 is 0 Å². The van der Waals surface area contributed by atoms with E-state index in [0.717, 1.165) is 0 Å². The van der Waals surface area contributed by atoms with Gasteiger partial charge >= 0.3 is 0 Å². The van der Waals surface area contributed by atoms with Crippen molar-refractivity contribution in [3.63, 3.8) is 0 Å². The number of hydrogen-bond acceptors (Lipinski definition) is 2. The first-order valence-corrected chi connectivity index (χ1v) is 2.83. The predicted octanol–water partition coefficient (Wildman–Crippen LogP) is 0.772. The van der Waals surface area contributed by atoms with E-state index in [1.807, 2.05) is 0 Å². The number of aliphatic hydroxyl groups is 2. The maximum absolute atomic E-state index is 8.06.